The van der Waals surface area contributed by atoms with Crippen LogP contribution in [0.4, 0.5) is 0 Å². The van der Waals surface area contributed by atoms with Crippen LogP contribution in [0.15, 0.2) is 0 Å². The Labute approximate surface area is 140 Å². The molecule has 0 radical (unpaired) electrons. The van der Waals surface area contributed by atoms with Crippen molar-refractivity contribution in [2.45, 2.75) is 0 Å². The molecule has 0 aromatic heterocycles. The third kappa shape index (κ3) is 15.5. The molecule has 0 aliphatic carbocycles. The summed E-state index contributed by atoms with van der Waals surface area (Å²) in [6.07, 6.45) is 0. The van der Waals surface area contributed by atoms with Crippen LogP contribution in [0.2, 0.25) is 0 Å². The molecular weight excluding hydrogens is 902 g/mol. The summed E-state index contributed by atoms with van der Waals surface area (Å²) in [5.74, 6) is 0. The Balaban J connectivity index is 2.69. The van der Waals surface area contributed by atoms with Crippen molar-refractivity contribution < 1.29 is 78.5 Å². The third-order valence-corrected chi connectivity index (χ3v) is 231. The van der Waals surface area contributed by atoms with E-state index < -0.39 is 0 Å². The Bertz CT molecular complexity index is 60.0. The van der Waals surface area contributed by atoms with Gasteiger partial charge in [0.1, 0.15) is 0 Å². The van der Waals surface area contributed by atoms with Crippen LogP contribution >= 0.6 is 43.6 Å². The Morgan fingerprint density at radius 2 is 1.00 bits per heavy atom. The SMILES string of the molecule is I[SiH2][I-][SiH2][I-][SiH2][I-][SiH2][I-][SiH2]I. The fourth-order valence-corrected chi connectivity index (χ4v) is 477. The Morgan fingerprint density at radius 1 is 0.636 bits per heavy atom. The van der Waals surface area contributed by atoms with Gasteiger partial charge in [-0.2, -0.15) is 0 Å². The van der Waals surface area contributed by atoms with Gasteiger partial charge in [0.25, 0.3) is 0 Å². The molecule has 76 valence electrons. The third-order valence-electron chi connectivity index (χ3n) is 0.571. The molecule has 11 heavy (non-hydrogen) atoms. The summed E-state index contributed by atoms with van der Waals surface area (Å²) in [7, 11) is 0. The van der Waals surface area contributed by atoms with Crippen molar-refractivity contribution in [1.29, 1.82) is 0 Å². The first-order valence-corrected chi connectivity index (χ1v) is 53.8. The van der Waals surface area contributed by atoms with E-state index in [2.05, 4.69) is 43.6 Å². The van der Waals surface area contributed by atoms with Crippen LogP contribution in [-0.4, -0.2) is 22.6 Å². The predicted octanol–water partition coefficient (Wildman–Crippen LogP) is -14.8. The average molecular weight is 912 g/mol. The molecule has 0 N–H and O–H groups in total. The molecule has 0 heterocycles. The van der Waals surface area contributed by atoms with Crippen molar-refractivity contribution >= 4 is 66.2 Å². The molecule has 0 unspecified atom stereocenters. The summed E-state index contributed by atoms with van der Waals surface area (Å²) < 4.78 is 3.57. The zero-order valence-corrected chi connectivity index (χ0v) is 25.8. The van der Waals surface area contributed by atoms with E-state index in [4.69, 9.17) is 0 Å². The van der Waals surface area contributed by atoms with Gasteiger partial charge in [-0.25, -0.2) is 0 Å². The van der Waals surface area contributed by atoms with Crippen molar-refractivity contribution in [2.24, 2.45) is 0 Å². The first-order chi connectivity index (χ1) is 5.41. The van der Waals surface area contributed by atoms with Crippen LogP contribution in [0.1, 0.15) is 0 Å². The fraction of sp³-hybridized carbons (Fsp3) is 0. The monoisotopic (exact) mass is 911 g/mol. The molecule has 0 aliphatic heterocycles. The zero-order valence-electron chi connectivity index (χ0n) is 5.80. The molecule has 0 atom stereocenters. The zero-order chi connectivity index (χ0) is 8.36. The van der Waals surface area contributed by atoms with Crippen molar-refractivity contribution in [2.75, 3.05) is 0 Å². The summed E-state index contributed by atoms with van der Waals surface area (Å²) in [6, 6.07) is 0. The van der Waals surface area contributed by atoms with Gasteiger partial charge in [0.15, 0.2) is 0 Å². The van der Waals surface area contributed by atoms with Gasteiger partial charge in [-0.1, -0.05) is 0 Å². The number of hydrogen-bond donors (Lipinski definition) is 0. The molecule has 0 aromatic rings. The van der Waals surface area contributed by atoms with E-state index in [0.717, 1.165) is 92.0 Å². The van der Waals surface area contributed by atoms with Crippen LogP contribution < -0.4 is 78.5 Å². The molecule has 0 fully saturated rings. The second kappa shape index (κ2) is 15.5. The quantitative estimate of drug-likeness (QED) is 0.0985. The summed E-state index contributed by atoms with van der Waals surface area (Å²) in [5.41, 5.74) is 0. The van der Waals surface area contributed by atoms with Gasteiger partial charge in [-0.15, -0.1) is 0 Å². The van der Waals surface area contributed by atoms with Crippen molar-refractivity contribution in [3.63, 3.8) is 0 Å². The Hall–Kier alpha value is 5.46. The van der Waals surface area contributed by atoms with Crippen LogP contribution in [0.3, 0.4) is 0 Å². The molecule has 0 amide bonds. The number of hydrogen-bond acceptors (Lipinski definition) is 0. The van der Waals surface area contributed by atoms with Crippen LogP contribution in [0.25, 0.3) is 0 Å². The van der Waals surface area contributed by atoms with Crippen molar-refractivity contribution in [1.82, 2.24) is 0 Å². The first kappa shape index (κ1) is 16.5. The van der Waals surface area contributed by atoms with E-state index in [-0.39, 0.29) is 0 Å². The minimum absolute atomic E-state index is 0.598. The maximum atomic E-state index is 2.75. The fourth-order valence-electron chi connectivity index (χ4n) is 0.260. The second-order valence-corrected chi connectivity index (χ2v) is 114. The molecule has 0 aliphatic rings. The van der Waals surface area contributed by atoms with E-state index in [1.54, 1.807) is 0 Å². The van der Waals surface area contributed by atoms with Crippen LogP contribution in [0.5, 0.6) is 0 Å². The predicted molar refractivity (Wildman–Crippen MR) is 70.8 cm³/mol. The molecule has 0 rings (SSSR count). The molecular formula is H10I6Si5-4. The molecule has 0 nitrogen and oxygen atoms in total. The van der Waals surface area contributed by atoms with E-state index >= 15 is 0 Å². The Morgan fingerprint density at radius 3 is 1.36 bits per heavy atom. The summed E-state index contributed by atoms with van der Waals surface area (Å²) in [6.45, 7) is 0. The normalized spacial score (nSPS) is 17.3. The molecule has 0 spiro atoms. The van der Waals surface area contributed by atoms with Gasteiger partial charge in [-0.05, 0) is 0 Å². The number of rotatable bonds is 8. The summed E-state index contributed by atoms with van der Waals surface area (Å²) >= 11 is 9.63. The Kier molecular flexibility index (Phi) is 23.1. The van der Waals surface area contributed by atoms with Gasteiger partial charge in [0.2, 0.25) is 0 Å². The van der Waals surface area contributed by atoms with Crippen molar-refractivity contribution in [3.05, 3.63) is 0 Å². The van der Waals surface area contributed by atoms with Crippen molar-refractivity contribution in [3.8, 4) is 0 Å². The molecule has 0 aromatic carbocycles. The molecule has 11 heteroatoms. The van der Waals surface area contributed by atoms with Gasteiger partial charge in [0.05, 0.1) is 0 Å². The van der Waals surface area contributed by atoms with Gasteiger partial charge < -0.3 is 0 Å². The summed E-state index contributed by atoms with van der Waals surface area (Å²) in [4.78, 5) is 0. The van der Waals surface area contributed by atoms with Gasteiger partial charge in [-0.3, -0.25) is 0 Å². The molecule has 0 saturated carbocycles. The first-order valence-electron chi connectivity index (χ1n) is 2.67. The standard InChI is InChI=1S/H10I6Si5/c1-7-3-9-5-11-6-10-4-8-2/h7-11H2/q-4. The van der Waals surface area contributed by atoms with Gasteiger partial charge >= 0.3 is 145 Å². The van der Waals surface area contributed by atoms with E-state index in [1.807, 2.05) is 0 Å². The van der Waals surface area contributed by atoms with E-state index in [9.17, 15) is 0 Å². The van der Waals surface area contributed by atoms with E-state index in [0.29, 0.717) is 9.03 Å². The van der Waals surface area contributed by atoms with E-state index in [1.165, 1.54) is 0 Å². The number of halogens is 6. The minimum atomic E-state index is 0.598. The summed E-state index contributed by atoms with van der Waals surface area (Å²) in [5, 5.41) is 0. The van der Waals surface area contributed by atoms with Crippen LogP contribution in [-0.2, 0) is 0 Å². The second-order valence-electron chi connectivity index (χ2n) is 1.26. The molecule has 0 bridgehead atoms. The van der Waals surface area contributed by atoms with Crippen LogP contribution in [0, 0.1) is 0 Å². The van der Waals surface area contributed by atoms with Gasteiger partial charge in [0, 0.05) is 0 Å². The molecule has 0 saturated heterocycles. The maximum absolute atomic E-state index is 2.75. The average Bonchev–Trinajstić information content (AvgIpc) is 2.03. The topological polar surface area (TPSA) is 0 Å².